The van der Waals surface area contributed by atoms with Crippen LogP contribution in [0.2, 0.25) is 0 Å². The number of amides is 1. The first-order valence-electron chi connectivity index (χ1n) is 8.07. The molecule has 0 fully saturated rings. The third-order valence-corrected chi connectivity index (χ3v) is 4.52. The van der Waals surface area contributed by atoms with Gasteiger partial charge in [-0.2, -0.15) is 5.10 Å². The average molecular weight is 344 g/mol. The normalized spacial score (nSPS) is 15.7. The number of carbonyl (C=O) groups excluding carboxylic acids is 2. The van der Waals surface area contributed by atoms with Crippen molar-refractivity contribution in [2.45, 2.75) is 0 Å². The topological polar surface area (TPSA) is 77.0 Å². The van der Waals surface area contributed by atoms with Gasteiger partial charge < -0.3 is 9.47 Å². The summed E-state index contributed by atoms with van der Waals surface area (Å²) >= 11 is 0. The SMILES string of the molecule is O=C(N/N=C1\C(=O)c2cccc3cccc1c23)c1ccc2c(c1)OCO2. The Morgan fingerprint density at radius 2 is 1.73 bits per heavy atom. The number of hydrogen-bond donors (Lipinski definition) is 1. The Morgan fingerprint density at radius 3 is 2.58 bits per heavy atom. The second kappa shape index (κ2) is 5.42. The molecule has 1 aliphatic heterocycles. The van der Waals surface area contributed by atoms with E-state index >= 15 is 0 Å². The molecule has 1 aliphatic carbocycles. The Hall–Kier alpha value is -3.67. The number of fused-ring (bicyclic) bond motifs is 1. The lowest BCUT2D eigenvalue weighted by atomic mass is 10.1. The molecule has 0 bridgehead atoms. The van der Waals surface area contributed by atoms with Crippen LogP contribution < -0.4 is 14.9 Å². The van der Waals surface area contributed by atoms with Crippen LogP contribution in [0.25, 0.3) is 10.8 Å². The molecule has 0 atom stereocenters. The van der Waals surface area contributed by atoms with E-state index in [9.17, 15) is 9.59 Å². The number of hydrogen-bond acceptors (Lipinski definition) is 5. The molecule has 5 rings (SSSR count). The van der Waals surface area contributed by atoms with Crippen molar-refractivity contribution in [2.75, 3.05) is 6.79 Å². The number of hydrazone groups is 1. The van der Waals surface area contributed by atoms with E-state index in [1.807, 2.05) is 30.3 Å². The lowest BCUT2D eigenvalue weighted by Gasteiger charge is -2.03. The van der Waals surface area contributed by atoms with Gasteiger partial charge in [0.2, 0.25) is 12.6 Å². The van der Waals surface area contributed by atoms with Gasteiger partial charge in [0.25, 0.3) is 5.91 Å². The molecular formula is C20H12N2O4. The fourth-order valence-corrected chi connectivity index (χ4v) is 3.30. The molecule has 3 aromatic carbocycles. The third kappa shape index (κ3) is 2.09. The van der Waals surface area contributed by atoms with Crippen LogP contribution >= 0.6 is 0 Å². The van der Waals surface area contributed by atoms with Crippen molar-refractivity contribution >= 4 is 28.2 Å². The molecule has 1 heterocycles. The van der Waals surface area contributed by atoms with Crippen LogP contribution in [-0.4, -0.2) is 24.2 Å². The summed E-state index contributed by atoms with van der Waals surface area (Å²) in [6, 6.07) is 16.1. The number of benzene rings is 3. The minimum atomic E-state index is -0.424. The van der Waals surface area contributed by atoms with Crippen molar-refractivity contribution in [3.05, 3.63) is 71.3 Å². The minimum absolute atomic E-state index is 0.138. The number of nitrogens with one attached hydrogen (secondary N) is 1. The van der Waals surface area contributed by atoms with Crippen LogP contribution in [0.4, 0.5) is 0 Å². The van der Waals surface area contributed by atoms with Gasteiger partial charge in [0.1, 0.15) is 5.71 Å². The quantitative estimate of drug-likeness (QED) is 0.725. The zero-order chi connectivity index (χ0) is 17.7. The van der Waals surface area contributed by atoms with E-state index in [-0.39, 0.29) is 18.3 Å². The highest BCUT2D eigenvalue weighted by Gasteiger charge is 2.29. The number of nitrogens with zero attached hydrogens (tertiary/aromatic N) is 1. The molecule has 0 aromatic heterocycles. The standard InChI is InChI=1S/C20H12N2O4/c23-19-14-6-2-4-11-3-1-5-13(17(11)14)18(19)21-22-20(24)12-7-8-15-16(9-12)26-10-25-15/h1-9H,10H2,(H,22,24)/b21-18-. The van der Waals surface area contributed by atoms with E-state index in [0.717, 1.165) is 16.3 Å². The summed E-state index contributed by atoms with van der Waals surface area (Å²) in [4.78, 5) is 25.1. The first-order valence-corrected chi connectivity index (χ1v) is 8.07. The molecule has 6 heteroatoms. The lowest BCUT2D eigenvalue weighted by Crippen LogP contribution is -2.22. The summed E-state index contributed by atoms with van der Waals surface area (Å²) in [5.74, 6) is 0.495. The molecule has 1 amide bonds. The molecule has 126 valence electrons. The van der Waals surface area contributed by atoms with E-state index < -0.39 is 5.91 Å². The molecule has 3 aromatic rings. The Bertz CT molecular complexity index is 1130. The number of ketones is 1. The lowest BCUT2D eigenvalue weighted by molar-refractivity contribution is 0.0954. The maximum Gasteiger partial charge on any atom is 0.271 e. The van der Waals surface area contributed by atoms with Crippen LogP contribution in [0.1, 0.15) is 26.3 Å². The number of ether oxygens (including phenoxy) is 2. The zero-order valence-corrected chi connectivity index (χ0v) is 13.5. The second-order valence-electron chi connectivity index (χ2n) is 6.01. The molecule has 0 radical (unpaired) electrons. The molecule has 2 aliphatic rings. The van der Waals surface area contributed by atoms with Gasteiger partial charge in [-0.05, 0) is 23.6 Å². The number of carbonyl (C=O) groups is 2. The van der Waals surface area contributed by atoms with E-state index in [1.54, 1.807) is 24.3 Å². The van der Waals surface area contributed by atoms with E-state index in [2.05, 4.69) is 10.5 Å². The molecule has 0 spiro atoms. The Balaban J connectivity index is 1.48. The maximum absolute atomic E-state index is 12.7. The number of Topliss-reactive ketones (excluding diaryl/α,β-unsaturated/α-hetero) is 1. The van der Waals surface area contributed by atoms with Crippen LogP contribution in [0.5, 0.6) is 11.5 Å². The van der Waals surface area contributed by atoms with Gasteiger partial charge in [-0.1, -0.05) is 36.4 Å². The number of rotatable bonds is 2. The van der Waals surface area contributed by atoms with Crippen molar-refractivity contribution in [3.63, 3.8) is 0 Å². The van der Waals surface area contributed by atoms with Crippen molar-refractivity contribution in [1.29, 1.82) is 0 Å². The molecule has 0 saturated heterocycles. The molecule has 0 unspecified atom stereocenters. The highest BCUT2D eigenvalue weighted by atomic mass is 16.7. The fourth-order valence-electron chi connectivity index (χ4n) is 3.30. The predicted octanol–water partition coefficient (Wildman–Crippen LogP) is 2.90. The smallest absolute Gasteiger partial charge is 0.271 e. The van der Waals surface area contributed by atoms with Crippen LogP contribution in [0.15, 0.2) is 59.7 Å². The Morgan fingerprint density at radius 1 is 0.962 bits per heavy atom. The van der Waals surface area contributed by atoms with Crippen molar-refractivity contribution in [2.24, 2.45) is 5.10 Å². The van der Waals surface area contributed by atoms with Crippen molar-refractivity contribution in [1.82, 2.24) is 5.43 Å². The van der Waals surface area contributed by atoms with E-state index in [1.165, 1.54) is 0 Å². The highest BCUT2D eigenvalue weighted by molar-refractivity contribution is 6.59. The van der Waals surface area contributed by atoms with Crippen LogP contribution in [0, 0.1) is 0 Å². The van der Waals surface area contributed by atoms with E-state index in [0.29, 0.717) is 22.6 Å². The largest absolute Gasteiger partial charge is 0.454 e. The molecular weight excluding hydrogens is 332 g/mol. The molecule has 1 N–H and O–H groups in total. The summed E-state index contributed by atoms with van der Waals surface area (Å²) in [6.45, 7) is 0.138. The van der Waals surface area contributed by atoms with Crippen LogP contribution in [0.3, 0.4) is 0 Å². The van der Waals surface area contributed by atoms with Crippen molar-refractivity contribution in [3.8, 4) is 11.5 Å². The summed E-state index contributed by atoms with van der Waals surface area (Å²) in [5, 5.41) is 5.95. The fraction of sp³-hybridized carbons (Fsp3) is 0.0500. The Labute approximate surface area is 148 Å². The summed E-state index contributed by atoms with van der Waals surface area (Å²) in [6.07, 6.45) is 0. The van der Waals surface area contributed by atoms with Gasteiger partial charge in [-0.25, -0.2) is 5.43 Å². The van der Waals surface area contributed by atoms with Gasteiger partial charge in [-0.3, -0.25) is 9.59 Å². The second-order valence-corrected chi connectivity index (χ2v) is 6.01. The Kier molecular flexibility index (Phi) is 3.05. The summed E-state index contributed by atoms with van der Waals surface area (Å²) in [7, 11) is 0. The first-order chi connectivity index (χ1) is 12.7. The molecule has 26 heavy (non-hydrogen) atoms. The van der Waals surface area contributed by atoms with Gasteiger partial charge in [0.15, 0.2) is 11.5 Å². The van der Waals surface area contributed by atoms with Gasteiger partial charge in [-0.15, -0.1) is 0 Å². The van der Waals surface area contributed by atoms with Gasteiger partial charge >= 0.3 is 0 Å². The molecule has 0 saturated carbocycles. The maximum atomic E-state index is 12.7. The van der Waals surface area contributed by atoms with Gasteiger partial charge in [0.05, 0.1) is 0 Å². The minimum Gasteiger partial charge on any atom is -0.454 e. The van der Waals surface area contributed by atoms with Gasteiger partial charge in [0, 0.05) is 22.1 Å². The average Bonchev–Trinajstić information content (AvgIpc) is 3.24. The highest BCUT2D eigenvalue weighted by Crippen LogP contribution is 2.33. The molecule has 6 nitrogen and oxygen atoms in total. The summed E-state index contributed by atoms with van der Waals surface area (Å²) in [5.41, 5.74) is 4.42. The predicted molar refractivity (Wildman–Crippen MR) is 94.8 cm³/mol. The first kappa shape index (κ1) is 14.7. The zero-order valence-electron chi connectivity index (χ0n) is 13.5. The van der Waals surface area contributed by atoms with E-state index in [4.69, 9.17) is 9.47 Å². The van der Waals surface area contributed by atoms with Crippen LogP contribution in [-0.2, 0) is 0 Å². The third-order valence-electron chi connectivity index (χ3n) is 4.52. The summed E-state index contributed by atoms with van der Waals surface area (Å²) < 4.78 is 10.5. The monoisotopic (exact) mass is 344 g/mol. The van der Waals surface area contributed by atoms with Crippen molar-refractivity contribution < 1.29 is 19.1 Å².